The van der Waals surface area contributed by atoms with E-state index in [4.69, 9.17) is 4.74 Å². The van der Waals surface area contributed by atoms with Crippen LogP contribution < -0.4 is 5.32 Å². The predicted molar refractivity (Wildman–Crippen MR) is 65.0 cm³/mol. The third kappa shape index (κ3) is 4.98. The number of nitrogens with one attached hydrogen (secondary N) is 1. The van der Waals surface area contributed by atoms with E-state index in [0.29, 0.717) is 6.10 Å². The molecule has 0 amide bonds. The van der Waals surface area contributed by atoms with Crippen molar-refractivity contribution in [2.75, 3.05) is 19.7 Å². The van der Waals surface area contributed by atoms with Crippen LogP contribution in [0.15, 0.2) is 0 Å². The average Bonchev–Trinajstić information content (AvgIpc) is 2.09. The molecule has 2 nitrogen and oxygen atoms in total. The molecule has 0 bridgehead atoms. The molecule has 0 spiro atoms. The van der Waals surface area contributed by atoms with Crippen molar-refractivity contribution >= 4 is 0 Å². The Kier molecular flexibility index (Phi) is 5.62. The fraction of sp³-hybridized carbons (Fsp3) is 1.00. The van der Waals surface area contributed by atoms with Crippen LogP contribution in [0.5, 0.6) is 0 Å². The van der Waals surface area contributed by atoms with Gasteiger partial charge in [-0.05, 0) is 57.5 Å². The molecule has 0 saturated heterocycles. The SMILES string of the molecule is CC(C)CNCC1CCC1COC(C)C. The highest BCUT2D eigenvalue weighted by molar-refractivity contribution is 4.82. The molecule has 0 aromatic carbocycles. The van der Waals surface area contributed by atoms with Gasteiger partial charge < -0.3 is 10.1 Å². The van der Waals surface area contributed by atoms with Gasteiger partial charge in [0.05, 0.1) is 12.7 Å². The Morgan fingerprint density at radius 1 is 1.13 bits per heavy atom. The molecule has 1 aliphatic carbocycles. The van der Waals surface area contributed by atoms with Crippen LogP contribution in [0.2, 0.25) is 0 Å². The molecular weight excluding hydrogens is 186 g/mol. The first-order chi connectivity index (χ1) is 7.09. The lowest BCUT2D eigenvalue weighted by Crippen LogP contribution is -2.39. The summed E-state index contributed by atoms with van der Waals surface area (Å²) in [5.74, 6) is 2.44. The van der Waals surface area contributed by atoms with Gasteiger partial charge in [-0.15, -0.1) is 0 Å². The van der Waals surface area contributed by atoms with E-state index in [1.807, 2.05) is 0 Å². The van der Waals surface area contributed by atoms with Gasteiger partial charge in [-0.1, -0.05) is 13.8 Å². The summed E-state index contributed by atoms with van der Waals surface area (Å²) in [5, 5.41) is 3.55. The summed E-state index contributed by atoms with van der Waals surface area (Å²) < 4.78 is 5.68. The third-order valence-corrected chi connectivity index (χ3v) is 3.18. The van der Waals surface area contributed by atoms with Crippen molar-refractivity contribution in [2.24, 2.45) is 17.8 Å². The molecule has 1 saturated carbocycles. The molecule has 0 aromatic heterocycles. The summed E-state index contributed by atoms with van der Waals surface area (Å²) in [6, 6.07) is 0. The number of rotatable bonds is 7. The van der Waals surface area contributed by atoms with Crippen molar-refractivity contribution < 1.29 is 4.74 Å². The van der Waals surface area contributed by atoms with Crippen molar-refractivity contribution in [3.8, 4) is 0 Å². The van der Waals surface area contributed by atoms with Gasteiger partial charge in [0.15, 0.2) is 0 Å². The van der Waals surface area contributed by atoms with Crippen LogP contribution >= 0.6 is 0 Å². The van der Waals surface area contributed by atoms with Crippen LogP contribution in [-0.4, -0.2) is 25.8 Å². The summed E-state index contributed by atoms with van der Waals surface area (Å²) in [4.78, 5) is 0. The first-order valence-electron chi connectivity index (χ1n) is 6.42. The van der Waals surface area contributed by atoms with E-state index >= 15 is 0 Å². The van der Waals surface area contributed by atoms with Gasteiger partial charge in [0.25, 0.3) is 0 Å². The maximum absolute atomic E-state index is 5.68. The van der Waals surface area contributed by atoms with Crippen LogP contribution in [0, 0.1) is 17.8 Å². The average molecular weight is 213 g/mol. The number of hydrogen-bond donors (Lipinski definition) is 1. The minimum absolute atomic E-state index is 0.384. The molecule has 2 atom stereocenters. The molecule has 2 heteroatoms. The van der Waals surface area contributed by atoms with E-state index in [0.717, 1.165) is 30.9 Å². The molecule has 15 heavy (non-hydrogen) atoms. The first-order valence-corrected chi connectivity index (χ1v) is 6.42. The minimum atomic E-state index is 0.384. The lowest BCUT2D eigenvalue weighted by atomic mass is 9.74. The Hall–Kier alpha value is -0.0800. The molecular formula is C13H27NO. The van der Waals surface area contributed by atoms with E-state index < -0.39 is 0 Å². The lowest BCUT2D eigenvalue weighted by Gasteiger charge is -2.37. The molecule has 2 unspecified atom stereocenters. The van der Waals surface area contributed by atoms with Crippen molar-refractivity contribution in [3.05, 3.63) is 0 Å². The highest BCUT2D eigenvalue weighted by Gasteiger charge is 2.30. The van der Waals surface area contributed by atoms with Gasteiger partial charge in [-0.25, -0.2) is 0 Å². The zero-order valence-corrected chi connectivity index (χ0v) is 10.8. The second-order valence-electron chi connectivity index (χ2n) is 5.53. The molecule has 0 aliphatic heterocycles. The molecule has 0 heterocycles. The summed E-state index contributed by atoms with van der Waals surface area (Å²) >= 11 is 0. The first kappa shape index (κ1) is 13.0. The second kappa shape index (κ2) is 6.49. The van der Waals surface area contributed by atoms with Crippen molar-refractivity contribution in [2.45, 2.75) is 46.6 Å². The van der Waals surface area contributed by atoms with E-state index in [1.54, 1.807) is 0 Å². The number of hydrogen-bond acceptors (Lipinski definition) is 2. The summed E-state index contributed by atoms with van der Waals surface area (Å²) in [6.45, 7) is 12.0. The molecule has 0 aromatic rings. The van der Waals surface area contributed by atoms with Crippen molar-refractivity contribution in [3.63, 3.8) is 0 Å². The van der Waals surface area contributed by atoms with Crippen LogP contribution in [0.1, 0.15) is 40.5 Å². The van der Waals surface area contributed by atoms with Gasteiger partial charge in [0.1, 0.15) is 0 Å². The Balaban J connectivity index is 2.04. The fourth-order valence-electron chi connectivity index (χ4n) is 2.00. The summed E-state index contributed by atoms with van der Waals surface area (Å²) in [5.41, 5.74) is 0. The Morgan fingerprint density at radius 3 is 2.27 bits per heavy atom. The van der Waals surface area contributed by atoms with Crippen LogP contribution in [0.3, 0.4) is 0 Å². The van der Waals surface area contributed by atoms with E-state index in [-0.39, 0.29) is 0 Å². The van der Waals surface area contributed by atoms with E-state index in [9.17, 15) is 0 Å². The largest absolute Gasteiger partial charge is 0.378 e. The smallest absolute Gasteiger partial charge is 0.0519 e. The third-order valence-electron chi connectivity index (χ3n) is 3.18. The molecule has 90 valence electrons. The zero-order valence-electron chi connectivity index (χ0n) is 10.8. The predicted octanol–water partition coefficient (Wildman–Crippen LogP) is 2.68. The zero-order chi connectivity index (χ0) is 11.3. The van der Waals surface area contributed by atoms with Crippen LogP contribution in [-0.2, 0) is 4.74 Å². The molecule has 1 rings (SSSR count). The van der Waals surface area contributed by atoms with Gasteiger partial charge in [0.2, 0.25) is 0 Å². The van der Waals surface area contributed by atoms with E-state index in [2.05, 4.69) is 33.0 Å². The Morgan fingerprint density at radius 2 is 1.80 bits per heavy atom. The van der Waals surface area contributed by atoms with Crippen molar-refractivity contribution in [1.82, 2.24) is 5.32 Å². The Labute approximate surface area is 94.8 Å². The topological polar surface area (TPSA) is 21.3 Å². The molecule has 1 aliphatic rings. The standard InChI is InChI=1S/C13H27NO/c1-10(2)7-14-8-12-5-6-13(12)9-15-11(3)4/h10-14H,5-9H2,1-4H3. The van der Waals surface area contributed by atoms with Gasteiger partial charge in [0, 0.05) is 0 Å². The number of ether oxygens (including phenoxy) is 1. The van der Waals surface area contributed by atoms with Gasteiger partial charge in [-0.2, -0.15) is 0 Å². The van der Waals surface area contributed by atoms with Crippen molar-refractivity contribution in [1.29, 1.82) is 0 Å². The second-order valence-corrected chi connectivity index (χ2v) is 5.53. The summed E-state index contributed by atoms with van der Waals surface area (Å²) in [6.07, 6.45) is 3.13. The lowest BCUT2D eigenvalue weighted by molar-refractivity contribution is 0.00130. The molecule has 1 N–H and O–H groups in total. The summed E-state index contributed by atoms with van der Waals surface area (Å²) in [7, 11) is 0. The molecule has 0 radical (unpaired) electrons. The monoisotopic (exact) mass is 213 g/mol. The minimum Gasteiger partial charge on any atom is -0.378 e. The quantitative estimate of drug-likeness (QED) is 0.702. The molecule has 1 fully saturated rings. The highest BCUT2D eigenvalue weighted by atomic mass is 16.5. The normalized spacial score (nSPS) is 26.0. The Bertz CT molecular complexity index is 168. The van der Waals surface area contributed by atoms with Gasteiger partial charge in [-0.3, -0.25) is 0 Å². The van der Waals surface area contributed by atoms with Crippen LogP contribution in [0.4, 0.5) is 0 Å². The van der Waals surface area contributed by atoms with Crippen LogP contribution in [0.25, 0.3) is 0 Å². The van der Waals surface area contributed by atoms with Gasteiger partial charge >= 0.3 is 0 Å². The maximum Gasteiger partial charge on any atom is 0.0519 e. The maximum atomic E-state index is 5.68. The fourth-order valence-corrected chi connectivity index (χ4v) is 2.00. The van der Waals surface area contributed by atoms with E-state index in [1.165, 1.54) is 19.4 Å². The highest BCUT2D eigenvalue weighted by Crippen LogP contribution is 2.34.